The minimum absolute atomic E-state index is 0.148. The summed E-state index contributed by atoms with van der Waals surface area (Å²) in [5.41, 5.74) is 0. The number of carbonyl (C=O) groups is 3. The van der Waals surface area contributed by atoms with Crippen LogP contribution < -0.4 is 5.11 Å². The monoisotopic (exact) mass is 874 g/mol. The average Bonchev–Trinajstić information content (AvgIpc) is 3.23. The van der Waals surface area contributed by atoms with E-state index in [0.29, 0.717) is 23.9 Å². The first-order chi connectivity index (χ1) is 30.1. The summed E-state index contributed by atoms with van der Waals surface area (Å²) in [7, 11) is 5.91. The number of ether oxygens (including phenoxy) is 4. The van der Waals surface area contributed by atoms with Gasteiger partial charge in [-0.15, -0.1) is 0 Å². The molecule has 0 bridgehead atoms. The van der Waals surface area contributed by atoms with Gasteiger partial charge in [-0.3, -0.25) is 9.59 Å². The second-order valence-corrected chi connectivity index (χ2v) is 18.1. The van der Waals surface area contributed by atoms with Gasteiger partial charge in [0.2, 0.25) is 0 Å². The lowest BCUT2D eigenvalue weighted by atomic mass is 10.0. The topological polar surface area (TPSA) is 111 Å². The van der Waals surface area contributed by atoms with Crippen LogP contribution in [0, 0.1) is 0 Å². The molecule has 0 amide bonds. The molecule has 0 aromatic carbocycles. The minimum Gasteiger partial charge on any atom is -0.545 e. The molecule has 0 aliphatic carbocycles. The molecule has 0 radical (unpaired) electrons. The van der Waals surface area contributed by atoms with Gasteiger partial charge in [0.1, 0.15) is 13.2 Å². The summed E-state index contributed by atoms with van der Waals surface area (Å²) in [4.78, 5) is 37.0. The Morgan fingerprint density at radius 1 is 0.500 bits per heavy atom. The molecule has 9 heteroatoms. The molecule has 0 heterocycles. The standard InChI is InChI=1S/C53H95NO8/c1-6-8-10-12-14-16-18-19-20-21-22-23-24-25-26-27-28-29-30-31-32-33-34-36-38-40-42-44-51(56)62-49(48-61-53(52(57)58)59-46-45-54(3,4)5)47-60-50(55)43-41-39-37-35-17-15-13-11-9-7-2/h8,10,14,16,19-20,22-23,49,53H,6-7,9,11-13,15,17-18,21,24-48H2,1-5H3/b10-8-,16-14-,20-19-,23-22-. The highest BCUT2D eigenvalue weighted by Gasteiger charge is 2.22. The summed E-state index contributed by atoms with van der Waals surface area (Å²) >= 11 is 0. The Labute approximate surface area is 381 Å². The highest BCUT2D eigenvalue weighted by molar-refractivity contribution is 5.70. The van der Waals surface area contributed by atoms with E-state index >= 15 is 0 Å². The average molecular weight is 874 g/mol. The van der Waals surface area contributed by atoms with E-state index in [1.165, 1.54) is 122 Å². The number of quaternary nitrogens is 1. The molecule has 2 atom stereocenters. The van der Waals surface area contributed by atoms with Crippen molar-refractivity contribution in [2.75, 3.05) is 47.5 Å². The molecule has 9 nitrogen and oxygen atoms in total. The number of likely N-dealkylation sites (N-methyl/N-ethyl adjacent to an activating group) is 1. The van der Waals surface area contributed by atoms with Gasteiger partial charge in [-0.05, 0) is 51.4 Å². The Kier molecular flexibility index (Phi) is 42.9. The minimum atomic E-state index is -1.62. The van der Waals surface area contributed by atoms with E-state index in [1.54, 1.807) is 0 Å². The highest BCUT2D eigenvalue weighted by Crippen LogP contribution is 2.16. The third kappa shape index (κ3) is 45.3. The molecule has 0 fully saturated rings. The van der Waals surface area contributed by atoms with Crippen LogP contribution in [0.5, 0.6) is 0 Å². The first kappa shape index (κ1) is 59.2. The van der Waals surface area contributed by atoms with E-state index < -0.39 is 24.3 Å². The van der Waals surface area contributed by atoms with Gasteiger partial charge in [0.25, 0.3) is 0 Å². The molecular weight excluding hydrogens is 779 g/mol. The molecule has 360 valence electrons. The predicted molar refractivity (Wildman–Crippen MR) is 255 cm³/mol. The number of unbranched alkanes of at least 4 members (excludes halogenated alkanes) is 23. The van der Waals surface area contributed by atoms with Crippen molar-refractivity contribution in [3.8, 4) is 0 Å². The Morgan fingerprint density at radius 3 is 1.37 bits per heavy atom. The summed E-state index contributed by atoms with van der Waals surface area (Å²) in [5, 5.41) is 11.7. The molecule has 0 saturated heterocycles. The number of carboxylic acids is 1. The number of carbonyl (C=O) groups excluding carboxylic acids is 3. The maximum absolute atomic E-state index is 12.8. The number of aliphatic carboxylic acids is 1. The van der Waals surface area contributed by atoms with Gasteiger partial charge in [0.05, 0.1) is 40.3 Å². The number of carboxylic acid groups (broad SMARTS) is 1. The van der Waals surface area contributed by atoms with Gasteiger partial charge in [0, 0.05) is 12.8 Å². The van der Waals surface area contributed by atoms with E-state index in [0.717, 1.165) is 57.8 Å². The second kappa shape index (κ2) is 44.8. The first-order valence-electron chi connectivity index (χ1n) is 25.3. The van der Waals surface area contributed by atoms with Crippen LogP contribution >= 0.6 is 0 Å². The van der Waals surface area contributed by atoms with E-state index in [-0.39, 0.29) is 32.2 Å². The molecule has 0 saturated carbocycles. The van der Waals surface area contributed by atoms with Crippen LogP contribution in [0.25, 0.3) is 0 Å². The number of allylic oxidation sites excluding steroid dienone is 8. The van der Waals surface area contributed by atoms with Gasteiger partial charge in [-0.25, -0.2) is 0 Å². The smallest absolute Gasteiger partial charge is 0.306 e. The van der Waals surface area contributed by atoms with Gasteiger partial charge in [-0.1, -0.05) is 197 Å². The molecule has 0 aliphatic rings. The van der Waals surface area contributed by atoms with Crippen LogP contribution in [0.4, 0.5) is 0 Å². The lowest BCUT2D eigenvalue weighted by molar-refractivity contribution is -0.870. The van der Waals surface area contributed by atoms with E-state index in [2.05, 4.69) is 62.5 Å². The maximum atomic E-state index is 12.8. The molecule has 0 aromatic heterocycles. The summed E-state index contributed by atoms with van der Waals surface area (Å²) in [6.07, 6.45) is 50.1. The fraction of sp³-hybridized carbons (Fsp3) is 0.792. The Balaban J connectivity index is 4.18. The molecule has 0 rings (SSSR count). The largest absolute Gasteiger partial charge is 0.545 e. The lowest BCUT2D eigenvalue weighted by Gasteiger charge is -2.26. The number of esters is 2. The second-order valence-electron chi connectivity index (χ2n) is 18.1. The molecule has 0 N–H and O–H groups in total. The van der Waals surface area contributed by atoms with E-state index in [9.17, 15) is 19.5 Å². The quantitative estimate of drug-likeness (QED) is 0.0195. The molecular formula is C53H95NO8. The highest BCUT2D eigenvalue weighted by atomic mass is 16.7. The zero-order valence-electron chi connectivity index (χ0n) is 40.7. The predicted octanol–water partition coefficient (Wildman–Crippen LogP) is 12.6. The summed E-state index contributed by atoms with van der Waals surface area (Å²) < 4.78 is 22.6. The fourth-order valence-corrected chi connectivity index (χ4v) is 6.94. The number of nitrogens with zero attached hydrogens (tertiary/aromatic N) is 1. The Hall–Kier alpha value is -2.75. The molecule has 62 heavy (non-hydrogen) atoms. The maximum Gasteiger partial charge on any atom is 0.306 e. The lowest BCUT2D eigenvalue weighted by Crippen LogP contribution is -2.44. The number of hydrogen-bond acceptors (Lipinski definition) is 8. The van der Waals surface area contributed by atoms with Gasteiger partial charge >= 0.3 is 11.9 Å². The summed E-state index contributed by atoms with van der Waals surface area (Å²) in [5.74, 6) is -2.28. The van der Waals surface area contributed by atoms with Crippen molar-refractivity contribution < 1.29 is 42.9 Å². The normalized spacial score (nSPS) is 13.2. The zero-order chi connectivity index (χ0) is 45.6. The zero-order valence-corrected chi connectivity index (χ0v) is 40.7. The summed E-state index contributed by atoms with van der Waals surface area (Å²) in [6.45, 7) is 4.62. The van der Waals surface area contributed by atoms with Crippen LogP contribution in [-0.4, -0.2) is 82.3 Å². The van der Waals surface area contributed by atoms with Crippen molar-refractivity contribution in [3.63, 3.8) is 0 Å². The van der Waals surface area contributed by atoms with Crippen LogP contribution in [0.15, 0.2) is 48.6 Å². The summed E-state index contributed by atoms with van der Waals surface area (Å²) in [6, 6.07) is 0. The first-order valence-corrected chi connectivity index (χ1v) is 25.3. The van der Waals surface area contributed by atoms with Crippen molar-refractivity contribution in [3.05, 3.63) is 48.6 Å². The molecule has 2 unspecified atom stereocenters. The Morgan fingerprint density at radius 2 is 0.919 bits per heavy atom. The third-order valence-electron chi connectivity index (χ3n) is 10.8. The van der Waals surface area contributed by atoms with Crippen molar-refractivity contribution >= 4 is 17.9 Å². The van der Waals surface area contributed by atoms with Crippen LogP contribution in [0.1, 0.15) is 213 Å². The van der Waals surface area contributed by atoms with Crippen molar-refractivity contribution in [1.29, 1.82) is 0 Å². The van der Waals surface area contributed by atoms with Crippen LogP contribution in [0.2, 0.25) is 0 Å². The third-order valence-corrected chi connectivity index (χ3v) is 10.8. The number of rotatable bonds is 46. The fourth-order valence-electron chi connectivity index (χ4n) is 6.94. The van der Waals surface area contributed by atoms with Crippen molar-refractivity contribution in [1.82, 2.24) is 0 Å². The van der Waals surface area contributed by atoms with Gasteiger partial charge in [-0.2, -0.15) is 0 Å². The molecule has 0 aromatic rings. The van der Waals surface area contributed by atoms with Crippen LogP contribution in [-0.2, 0) is 33.3 Å². The van der Waals surface area contributed by atoms with Crippen molar-refractivity contribution in [2.24, 2.45) is 0 Å². The Bertz CT molecular complexity index is 1160. The van der Waals surface area contributed by atoms with Gasteiger partial charge < -0.3 is 33.3 Å². The van der Waals surface area contributed by atoms with E-state index in [4.69, 9.17) is 18.9 Å². The van der Waals surface area contributed by atoms with E-state index in [1.807, 2.05) is 21.1 Å². The molecule has 0 aliphatic heterocycles. The SMILES string of the molecule is CC/C=C\C/C=C\C/C=C\C/C=C\CCCCCCCCCCCCCCCCC(=O)OC(COC(=O)CCCCCCCCCCCC)COC(OCC[N+](C)(C)C)C(=O)[O-]. The van der Waals surface area contributed by atoms with Crippen molar-refractivity contribution in [2.45, 2.75) is 225 Å². The van der Waals surface area contributed by atoms with Crippen LogP contribution in [0.3, 0.4) is 0 Å². The molecule has 0 spiro atoms. The number of hydrogen-bond donors (Lipinski definition) is 0. The van der Waals surface area contributed by atoms with Gasteiger partial charge in [0.15, 0.2) is 12.4 Å².